The Hall–Kier alpha value is -5.53. The van der Waals surface area contributed by atoms with Gasteiger partial charge in [0.1, 0.15) is 23.6 Å². The summed E-state index contributed by atoms with van der Waals surface area (Å²) in [5.41, 5.74) is 9.12. The minimum atomic E-state index is -4.11. The number of phenols is 1. The summed E-state index contributed by atoms with van der Waals surface area (Å²) in [7, 11) is -2.60. The second kappa shape index (κ2) is 21.8. The first-order valence-corrected chi connectivity index (χ1v) is 22.6. The number of methoxy groups -OCH3 is 1. The number of aromatic nitrogens is 1. The molecule has 0 aliphatic rings. The minimum Gasteiger partial charge on any atom is -0.508 e. The standard InChI is InChI=1S/C42H53BrN8O8S2/c1-23(2)35(50-38(54)33(22-28-10-16-31(52)17-11-28)49-42(56)47-27(6)29-12-14-30(43)15-13-29)39(55)48-32(36(53)40-45-19-20-60-40)9-8-18-46-41(44)51-61(57,58)37-24(3)21-34(59-7)25(4)26(37)5/h10-17,19-21,23,27,32-33,35,52H,8-9,18,22H2,1-7H3,(H,48,55)(H,50,54)(H3,44,46,51)(H2,47,49,56)/t27-,32+,33+,35+/m1/s1. The summed E-state index contributed by atoms with van der Waals surface area (Å²) in [5, 5.41) is 22.7. The smallest absolute Gasteiger partial charge is 0.315 e. The number of Topliss-reactive ketones (excluding diaryl/α,β-unsaturated/α-hetero) is 1. The first kappa shape index (κ1) is 48.1. The van der Waals surface area contributed by atoms with E-state index in [1.165, 1.54) is 25.4 Å². The fourth-order valence-corrected chi connectivity index (χ4v) is 8.86. The van der Waals surface area contributed by atoms with Crippen LogP contribution in [0, 0.1) is 26.7 Å². The molecular weight excluding hydrogens is 889 g/mol. The molecule has 0 bridgehead atoms. The molecule has 0 fully saturated rings. The van der Waals surface area contributed by atoms with Gasteiger partial charge in [0.15, 0.2) is 5.01 Å². The number of carbonyl (C=O) groups is 4. The number of phenolic OH excluding ortho intramolecular Hbond substituents is 1. The number of amides is 4. The number of nitrogens with one attached hydrogen (secondary N) is 5. The molecular formula is C42H53BrN8O8S2. The lowest BCUT2D eigenvalue weighted by molar-refractivity contribution is -0.131. The van der Waals surface area contributed by atoms with Gasteiger partial charge in [-0.1, -0.05) is 54.0 Å². The number of carbonyl (C=O) groups excluding carboxylic acids is 4. The molecule has 1 heterocycles. The Labute approximate surface area is 368 Å². The van der Waals surface area contributed by atoms with E-state index in [2.05, 4.69) is 51.9 Å². The lowest BCUT2D eigenvalue weighted by Crippen LogP contribution is -2.58. The maximum atomic E-state index is 14.0. The van der Waals surface area contributed by atoms with Crippen LogP contribution in [0.2, 0.25) is 0 Å². The van der Waals surface area contributed by atoms with E-state index in [9.17, 15) is 32.7 Å². The van der Waals surface area contributed by atoms with Gasteiger partial charge in [-0.05, 0) is 105 Å². The normalized spacial score (nSPS) is 13.7. The number of urea groups is 1. The summed E-state index contributed by atoms with van der Waals surface area (Å²) < 4.78 is 35.2. The Morgan fingerprint density at radius 1 is 0.918 bits per heavy atom. The van der Waals surface area contributed by atoms with Crippen molar-refractivity contribution in [3.63, 3.8) is 0 Å². The molecule has 61 heavy (non-hydrogen) atoms. The summed E-state index contributed by atoms with van der Waals surface area (Å²) in [5.74, 6) is -1.99. The molecule has 3 aromatic carbocycles. The van der Waals surface area contributed by atoms with Crippen LogP contribution in [0.1, 0.15) is 77.3 Å². The largest absolute Gasteiger partial charge is 0.508 e. The van der Waals surface area contributed by atoms with E-state index in [1.54, 1.807) is 65.1 Å². The van der Waals surface area contributed by atoms with Crippen LogP contribution in [0.15, 0.2) is 80.5 Å². The quantitative estimate of drug-likeness (QED) is 0.0284. The molecule has 0 saturated carbocycles. The number of hydrogen-bond acceptors (Lipinski definition) is 11. The van der Waals surface area contributed by atoms with Gasteiger partial charge in [0.25, 0.3) is 10.0 Å². The number of ketones is 1. The highest BCUT2D eigenvalue weighted by Gasteiger charge is 2.33. The predicted molar refractivity (Wildman–Crippen MR) is 238 cm³/mol. The summed E-state index contributed by atoms with van der Waals surface area (Å²) in [6, 6.07) is 10.8. The predicted octanol–water partition coefficient (Wildman–Crippen LogP) is 5.10. The number of guanidine groups is 1. The van der Waals surface area contributed by atoms with Crippen molar-refractivity contribution >= 4 is 66.9 Å². The van der Waals surface area contributed by atoms with E-state index in [1.807, 2.05) is 24.3 Å². The average molecular weight is 942 g/mol. The monoisotopic (exact) mass is 940 g/mol. The third kappa shape index (κ3) is 13.5. The van der Waals surface area contributed by atoms with Crippen LogP contribution >= 0.6 is 27.3 Å². The van der Waals surface area contributed by atoms with Gasteiger partial charge in [-0.3, -0.25) is 19.4 Å². The van der Waals surface area contributed by atoms with Crippen LogP contribution in [-0.4, -0.2) is 79.9 Å². The molecule has 0 radical (unpaired) electrons. The van der Waals surface area contributed by atoms with Crippen LogP contribution in [-0.2, 0) is 26.0 Å². The van der Waals surface area contributed by atoms with Crippen LogP contribution in [0.25, 0.3) is 0 Å². The van der Waals surface area contributed by atoms with E-state index in [0.29, 0.717) is 28.0 Å². The molecule has 0 aliphatic heterocycles. The summed E-state index contributed by atoms with van der Waals surface area (Å²) >= 11 is 4.50. The molecule has 0 unspecified atom stereocenters. The van der Waals surface area contributed by atoms with E-state index in [4.69, 9.17) is 10.5 Å². The highest BCUT2D eigenvalue weighted by atomic mass is 79.9. The Morgan fingerprint density at radius 2 is 1.59 bits per heavy atom. The Bertz CT molecular complexity index is 2310. The third-order valence-corrected chi connectivity index (χ3v) is 12.8. The Kier molecular flexibility index (Phi) is 17.2. The number of halogens is 1. The first-order chi connectivity index (χ1) is 28.8. The summed E-state index contributed by atoms with van der Waals surface area (Å²) in [6.45, 7) is 10.3. The van der Waals surface area contributed by atoms with Crippen molar-refractivity contribution in [3.8, 4) is 11.5 Å². The van der Waals surface area contributed by atoms with E-state index in [0.717, 1.165) is 21.4 Å². The lowest BCUT2D eigenvalue weighted by Gasteiger charge is -2.27. The number of hydrogen-bond donors (Lipinski definition) is 7. The number of aliphatic imine (C=N–C) groups is 1. The van der Waals surface area contributed by atoms with Crippen LogP contribution < -0.4 is 36.5 Å². The molecule has 4 atom stereocenters. The number of sulfonamides is 1. The van der Waals surface area contributed by atoms with E-state index in [-0.39, 0.29) is 47.4 Å². The van der Waals surface area contributed by atoms with Gasteiger partial charge in [0, 0.05) is 29.0 Å². The Balaban J connectivity index is 1.47. The number of ether oxygens (including phenoxy) is 1. The Morgan fingerprint density at radius 3 is 2.20 bits per heavy atom. The molecule has 8 N–H and O–H groups in total. The number of nitrogens with two attached hydrogens (primary N) is 1. The molecule has 0 saturated heterocycles. The zero-order valence-corrected chi connectivity index (χ0v) is 38.3. The number of rotatable bonds is 19. The van der Waals surface area contributed by atoms with Crippen molar-refractivity contribution in [2.45, 2.75) is 89.9 Å². The lowest BCUT2D eigenvalue weighted by atomic mass is 9.99. The van der Waals surface area contributed by atoms with Gasteiger partial charge in [-0.25, -0.2) is 22.9 Å². The highest BCUT2D eigenvalue weighted by molar-refractivity contribution is 9.10. The van der Waals surface area contributed by atoms with Crippen molar-refractivity contribution in [2.75, 3.05) is 13.7 Å². The van der Waals surface area contributed by atoms with Gasteiger partial charge in [0.05, 0.1) is 24.1 Å². The third-order valence-electron chi connectivity index (χ3n) is 9.88. The van der Waals surface area contributed by atoms with Gasteiger partial charge in [0.2, 0.25) is 23.6 Å². The molecule has 0 spiro atoms. The zero-order valence-electron chi connectivity index (χ0n) is 35.0. The van der Waals surface area contributed by atoms with Crippen LogP contribution in [0.5, 0.6) is 11.5 Å². The van der Waals surface area contributed by atoms with Gasteiger partial charge in [-0.15, -0.1) is 11.3 Å². The number of aromatic hydroxyl groups is 1. The summed E-state index contributed by atoms with van der Waals surface area (Å²) in [6.07, 6.45) is 1.78. The first-order valence-electron chi connectivity index (χ1n) is 19.4. The molecule has 16 nitrogen and oxygen atoms in total. The molecule has 328 valence electrons. The van der Waals surface area contributed by atoms with Crippen molar-refractivity contribution in [1.82, 2.24) is 31.0 Å². The second-order valence-corrected chi connectivity index (χ2v) is 18.2. The van der Waals surface area contributed by atoms with Crippen molar-refractivity contribution in [3.05, 3.63) is 103 Å². The molecule has 4 rings (SSSR count). The van der Waals surface area contributed by atoms with E-state index >= 15 is 0 Å². The van der Waals surface area contributed by atoms with Crippen molar-refractivity contribution in [1.29, 1.82) is 0 Å². The number of benzene rings is 3. The number of aryl methyl sites for hydroxylation is 1. The maximum Gasteiger partial charge on any atom is 0.315 e. The van der Waals surface area contributed by atoms with Crippen LogP contribution in [0.3, 0.4) is 0 Å². The SMILES string of the molecule is COc1cc(C)c(S(=O)(=O)NC(N)=NCCC[C@H](NC(=O)[C@@H](NC(=O)[C@H](Cc2ccc(O)cc2)NC(=O)N[C@H](C)c2ccc(Br)cc2)C(C)C)C(=O)c2nccs2)c(C)c1C. The minimum absolute atomic E-state index is 0.00291. The maximum absolute atomic E-state index is 14.0. The van der Waals surface area contributed by atoms with Crippen molar-refractivity contribution in [2.24, 2.45) is 16.6 Å². The summed E-state index contributed by atoms with van der Waals surface area (Å²) in [4.78, 5) is 63.2. The molecule has 0 aliphatic carbocycles. The molecule has 4 amide bonds. The number of thiazole rings is 1. The van der Waals surface area contributed by atoms with Crippen molar-refractivity contribution < 1.29 is 37.4 Å². The highest BCUT2D eigenvalue weighted by Crippen LogP contribution is 2.30. The van der Waals surface area contributed by atoms with Gasteiger partial charge in [-0.2, -0.15) is 0 Å². The fraction of sp³-hybridized carbons (Fsp3) is 0.381. The number of nitrogens with zero attached hydrogens (tertiary/aromatic N) is 2. The van der Waals surface area contributed by atoms with Crippen LogP contribution in [0.4, 0.5) is 4.79 Å². The fourth-order valence-electron chi connectivity index (χ4n) is 6.48. The topological polar surface area (TPSA) is 243 Å². The van der Waals surface area contributed by atoms with Gasteiger partial charge >= 0.3 is 6.03 Å². The average Bonchev–Trinajstić information content (AvgIpc) is 3.75. The van der Waals surface area contributed by atoms with Gasteiger partial charge < -0.3 is 36.8 Å². The molecule has 19 heteroatoms. The second-order valence-electron chi connectivity index (χ2n) is 14.8. The molecule has 1 aromatic heterocycles. The van der Waals surface area contributed by atoms with E-state index < -0.39 is 63.7 Å². The zero-order chi connectivity index (χ0) is 45.0. The molecule has 4 aromatic rings.